The van der Waals surface area contributed by atoms with Crippen molar-refractivity contribution in [3.05, 3.63) is 0 Å². The van der Waals surface area contributed by atoms with Gasteiger partial charge in [-0.2, -0.15) is 24.4 Å². The lowest BCUT2D eigenvalue weighted by Crippen LogP contribution is -2.56. The van der Waals surface area contributed by atoms with E-state index >= 15 is 0 Å². The van der Waals surface area contributed by atoms with E-state index in [-0.39, 0.29) is 25.0 Å². The molecule has 0 spiro atoms. The van der Waals surface area contributed by atoms with Crippen molar-refractivity contribution in [2.45, 2.75) is 37.4 Å². The Bertz CT molecular complexity index is 577. The van der Waals surface area contributed by atoms with Gasteiger partial charge in [-0.05, 0) is 24.9 Å². The molecule has 0 aromatic heterocycles. The molecule has 0 rings (SSSR count). The third kappa shape index (κ3) is 11.0. The van der Waals surface area contributed by atoms with Gasteiger partial charge in [-0.3, -0.25) is 24.0 Å². The van der Waals surface area contributed by atoms with E-state index in [9.17, 15) is 24.0 Å². The molecule has 0 aliphatic heterocycles. The van der Waals surface area contributed by atoms with E-state index in [1.807, 2.05) is 6.26 Å². The SMILES string of the molecule is CSCCC(NC(=O)C(N)CS)C(=O)NC(CCC(N)=O)C(=O)NCC(=O)O. The minimum absolute atomic E-state index is 0.0849. The van der Waals surface area contributed by atoms with Crippen LogP contribution in [0.1, 0.15) is 19.3 Å². The molecule has 28 heavy (non-hydrogen) atoms. The fourth-order valence-corrected chi connectivity index (χ4v) is 2.62. The summed E-state index contributed by atoms with van der Waals surface area (Å²) < 4.78 is 0. The molecule has 0 aliphatic rings. The minimum atomic E-state index is -1.26. The van der Waals surface area contributed by atoms with Gasteiger partial charge in [0, 0.05) is 12.2 Å². The molecular formula is C15H27N5O6S2. The lowest BCUT2D eigenvalue weighted by Gasteiger charge is -2.23. The number of hydrogen-bond donors (Lipinski definition) is 7. The highest BCUT2D eigenvalue weighted by molar-refractivity contribution is 7.98. The smallest absolute Gasteiger partial charge is 0.322 e. The average Bonchev–Trinajstić information content (AvgIpc) is 2.64. The van der Waals surface area contributed by atoms with Crippen molar-refractivity contribution in [1.29, 1.82) is 0 Å². The summed E-state index contributed by atoms with van der Waals surface area (Å²) in [6.07, 6.45) is 1.78. The molecule has 160 valence electrons. The molecule has 3 unspecified atom stereocenters. The van der Waals surface area contributed by atoms with Gasteiger partial charge in [0.05, 0.1) is 6.04 Å². The third-order valence-electron chi connectivity index (χ3n) is 3.50. The number of carboxylic acids is 1. The van der Waals surface area contributed by atoms with Crippen molar-refractivity contribution >= 4 is 54.0 Å². The maximum Gasteiger partial charge on any atom is 0.322 e. The van der Waals surface area contributed by atoms with Crippen LogP contribution in [0.15, 0.2) is 0 Å². The monoisotopic (exact) mass is 437 g/mol. The van der Waals surface area contributed by atoms with E-state index in [2.05, 4.69) is 28.6 Å². The zero-order valence-electron chi connectivity index (χ0n) is 15.5. The first kappa shape index (κ1) is 26.0. The molecule has 0 heterocycles. The van der Waals surface area contributed by atoms with Gasteiger partial charge in [0.15, 0.2) is 0 Å². The van der Waals surface area contributed by atoms with Crippen LogP contribution in [0.2, 0.25) is 0 Å². The van der Waals surface area contributed by atoms with Crippen LogP contribution in [-0.4, -0.2) is 77.1 Å². The number of thioether (sulfide) groups is 1. The Morgan fingerprint density at radius 1 is 1.04 bits per heavy atom. The summed E-state index contributed by atoms with van der Waals surface area (Å²) in [7, 11) is 0. The number of hydrogen-bond acceptors (Lipinski definition) is 8. The molecule has 0 aliphatic carbocycles. The largest absolute Gasteiger partial charge is 0.480 e. The molecule has 4 amide bonds. The Balaban J connectivity index is 5.18. The third-order valence-corrected chi connectivity index (χ3v) is 4.54. The lowest BCUT2D eigenvalue weighted by atomic mass is 10.1. The molecule has 0 fully saturated rings. The Labute approximate surface area is 172 Å². The predicted molar refractivity (Wildman–Crippen MR) is 108 cm³/mol. The number of nitrogens with one attached hydrogen (secondary N) is 3. The summed E-state index contributed by atoms with van der Waals surface area (Å²) in [6.45, 7) is -0.648. The molecule has 11 nitrogen and oxygen atoms in total. The zero-order chi connectivity index (χ0) is 21.7. The number of aliphatic carboxylic acids is 1. The van der Waals surface area contributed by atoms with Crippen molar-refractivity contribution in [3.63, 3.8) is 0 Å². The number of carboxylic acid groups (broad SMARTS) is 1. The van der Waals surface area contributed by atoms with Gasteiger partial charge >= 0.3 is 5.97 Å². The van der Waals surface area contributed by atoms with Crippen LogP contribution in [0.5, 0.6) is 0 Å². The molecule has 0 saturated carbocycles. The number of thiol groups is 1. The van der Waals surface area contributed by atoms with Gasteiger partial charge in [0.25, 0.3) is 0 Å². The second kappa shape index (κ2) is 14.1. The van der Waals surface area contributed by atoms with Crippen LogP contribution in [0.3, 0.4) is 0 Å². The first-order chi connectivity index (χ1) is 13.1. The first-order valence-electron chi connectivity index (χ1n) is 8.36. The van der Waals surface area contributed by atoms with Crippen LogP contribution in [0.25, 0.3) is 0 Å². The van der Waals surface area contributed by atoms with Crippen molar-refractivity contribution in [2.24, 2.45) is 11.5 Å². The molecule has 0 bridgehead atoms. The molecular weight excluding hydrogens is 410 g/mol. The topological polar surface area (TPSA) is 194 Å². The van der Waals surface area contributed by atoms with Gasteiger partial charge < -0.3 is 32.5 Å². The highest BCUT2D eigenvalue weighted by Crippen LogP contribution is 2.04. The Kier molecular flexibility index (Phi) is 13.1. The number of amides is 4. The van der Waals surface area contributed by atoms with Crippen molar-refractivity contribution < 1.29 is 29.1 Å². The molecule has 3 atom stereocenters. The summed E-state index contributed by atoms with van der Waals surface area (Å²) in [5.74, 6) is -3.32. The van der Waals surface area contributed by atoms with Crippen LogP contribution < -0.4 is 27.4 Å². The van der Waals surface area contributed by atoms with Gasteiger partial charge in [0.2, 0.25) is 23.6 Å². The number of primary amides is 1. The molecule has 0 aromatic carbocycles. The standard InChI is InChI=1S/C15H27N5O6S2/c1-28-5-4-10(19-13(24)8(16)7-27)15(26)20-9(2-3-11(17)21)14(25)18-6-12(22)23/h8-10,27H,2-7,16H2,1H3,(H2,17,21)(H,18,25)(H,19,24)(H,20,26)(H,22,23). The summed E-state index contributed by atoms with van der Waals surface area (Å²) in [5, 5.41) is 15.7. The van der Waals surface area contributed by atoms with E-state index in [1.165, 1.54) is 11.8 Å². The van der Waals surface area contributed by atoms with Crippen LogP contribution in [0, 0.1) is 0 Å². The Hall–Kier alpha value is -1.99. The van der Waals surface area contributed by atoms with Crippen molar-refractivity contribution in [2.75, 3.05) is 24.3 Å². The maximum atomic E-state index is 12.6. The van der Waals surface area contributed by atoms with E-state index in [0.717, 1.165) is 0 Å². The summed E-state index contributed by atoms with van der Waals surface area (Å²) >= 11 is 5.39. The maximum absolute atomic E-state index is 12.6. The van der Waals surface area contributed by atoms with Crippen molar-refractivity contribution in [3.8, 4) is 0 Å². The van der Waals surface area contributed by atoms with Gasteiger partial charge in [-0.1, -0.05) is 0 Å². The number of nitrogens with two attached hydrogens (primary N) is 2. The number of rotatable bonds is 14. The highest BCUT2D eigenvalue weighted by atomic mass is 32.2. The predicted octanol–water partition coefficient (Wildman–Crippen LogP) is -2.57. The second-order valence-electron chi connectivity index (χ2n) is 5.81. The summed E-state index contributed by atoms with van der Waals surface area (Å²) in [5.41, 5.74) is 10.7. The molecule has 0 radical (unpaired) electrons. The highest BCUT2D eigenvalue weighted by Gasteiger charge is 2.28. The fourth-order valence-electron chi connectivity index (χ4n) is 1.98. The second-order valence-corrected chi connectivity index (χ2v) is 7.16. The first-order valence-corrected chi connectivity index (χ1v) is 10.4. The average molecular weight is 438 g/mol. The summed E-state index contributed by atoms with van der Waals surface area (Å²) in [4.78, 5) is 58.3. The molecule has 8 N–H and O–H groups in total. The number of carbonyl (C=O) groups is 5. The van der Waals surface area contributed by atoms with Gasteiger partial charge in [0.1, 0.15) is 18.6 Å². The lowest BCUT2D eigenvalue weighted by molar-refractivity contribution is -0.138. The van der Waals surface area contributed by atoms with E-state index in [4.69, 9.17) is 16.6 Å². The fraction of sp³-hybridized carbons (Fsp3) is 0.667. The Morgan fingerprint density at radius 3 is 2.11 bits per heavy atom. The molecule has 0 aromatic rings. The molecule has 13 heteroatoms. The minimum Gasteiger partial charge on any atom is -0.480 e. The van der Waals surface area contributed by atoms with Gasteiger partial charge in [-0.15, -0.1) is 0 Å². The number of carbonyl (C=O) groups excluding carboxylic acids is 4. The van der Waals surface area contributed by atoms with E-state index in [0.29, 0.717) is 5.75 Å². The molecule has 0 saturated heterocycles. The van der Waals surface area contributed by atoms with Crippen LogP contribution >= 0.6 is 24.4 Å². The van der Waals surface area contributed by atoms with Crippen LogP contribution in [-0.2, 0) is 24.0 Å². The van der Waals surface area contributed by atoms with Crippen LogP contribution in [0.4, 0.5) is 0 Å². The Morgan fingerprint density at radius 2 is 1.61 bits per heavy atom. The normalized spacial score (nSPS) is 13.7. The summed E-state index contributed by atoms with van der Waals surface area (Å²) in [6, 6.07) is -3.06. The quantitative estimate of drug-likeness (QED) is 0.144. The van der Waals surface area contributed by atoms with Crippen molar-refractivity contribution in [1.82, 2.24) is 16.0 Å². The van der Waals surface area contributed by atoms with E-state index < -0.39 is 54.3 Å². The van der Waals surface area contributed by atoms with E-state index in [1.54, 1.807) is 0 Å². The zero-order valence-corrected chi connectivity index (χ0v) is 17.2. The van der Waals surface area contributed by atoms with Gasteiger partial charge in [-0.25, -0.2) is 0 Å².